The molecule has 0 aliphatic heterocycles. The summed E-state index contributed by atoms with van der Waals surface area (Å²) >= 11 is 1.84. The smallest absolute Gasteiger partial charge is 0.316 e. The van der Waals surface area contributed by atoms with E-state index in [4.69, 9.17) is 0 Å². The number of thioether (sulfide) groups is 1. The molecule has 4 heteroatoms. The van der Waals surface area contributed by atoms with Crippen molar-refractivity contribution in [3.8, 4) is 0 Å². The molecule has 72 valence electrons. The Morgan fingerprint density at radius 1 is 1.42 bits per heavy atom. The Balaban J connectivity index is 3.14. The lowest BCUT2D eigenvalue weighted by Crippen LogP contribution is -2.34. The summed E-state index contributed by atoms with van der Waals surface area (Å²) in [6.07, 6.45) is 4.34. The number of nitrogens with one attached hydrogen (secondary N) is 1. The highest BCUT2D eigenvalue weighted by molar-refractivity contribution is 7.98. The minimum Gasteiger partial charge on any atom is -0.338 e. The molecule has 0 aromatic heterocycles. The average molecular weight is 190 g/mol. The summed E-state index contributed by atoms with van der Waals surface area (Å²) in [5.41, 5.74) is 0. The molecule has 0 heterocycles. The third-order valence-corrected chi connectivity index (χ3v) is 2.15. The van der Waals surface area contributed by atoms with Gasteiger partial charge in [0.25, 0.3) is 0 Å². The Hall–Kier alpha value is -0.380. The van der Waals surface area contributed by atoms with E-state index in [2.05, 4.69) is 11.6 Å². The zero-order valence-corrected chi connectivity index (χ0v) is 8.91. The number of carbonyl (C=O) groups is 1. The lowest BCUT2D eigenvalue weighted by Gasteiger charge is -2.11. The number of hydrogen-bond acceptors (Lipinski definition) is 2. The first-order chi connectivity index (χ1) is 5.68. The van der Waals surface area contributed by atoms with Crippen molar-refractivity contribution in [2.24, 2.45) is 0 Å². The molecule has 0 bridgehead atoms. The molecule has 1 N–H and O–H groups in total. The van der Waals surface area contributed by atoms with Gasteiger partial charge in [-0.1, -0.05) is 0 Å². The van der Waals surface area contributed by atoms with E-state index in [0.29, 0.717) is 0 Å². The fourth-order valence-electron chi connectivity index (χ4n) is 0.725. The van der Waals surface area contributed by atoms with Crippen LogP contribution in [0.15, 0.2) is 0 Å². The number of amides is 2. The molecule has 0 spiro atoms. The Morgan fingerprint density at radius 3 is 2.58 bits per heavy atom. The maximum absolute atomic E-state index is 11.0. The predicted octanol–water partition coefficient (Wildman–Crippen LogP) is 1.40. The molecule has 0 aliphatic rings. The molecule has 0 unspecified atom stereocenters. The van der Waals surface area contributed by atoms with Gasteiger partial charge in [-0.15, -0.1) is 0 Å². The van der Waals surface area contributed by atoms with Crippen LogP contribution in [-0.2, 0) is 0 Å². The molecule has 0 aromatic rings. The second-order valence-electron chi connectivity index (χ2n) is 2.83. The van der Waals surface area contributed by atoms with Crippen molar-refractivity contribution >= 4 is 17.8 Å². The Morgan fingerprint density at radius 2 is 2.08 bits per heavy atom. The van der Waals surface area contributed by atoms with E-state index in [-0.39, 0.29) is 6.03 Å². The molecule has 0 aromatic carbocycles. The highest BCUT2D eigenvalue weighted by Gasteiger charge is 1.99. The summed E-state index contributed by atoms with van der Waals surface area (Å²) in [6.45, 7) is 0.789. The number of carbonyl (C=O) groups excluding carboxylic acids is 1. The van der Waals surface area contributed by atoms with Crippen LogP contribution < -0.4 is 5.32 Å². The summed E-state index contributed by atoms with van der Waals surface area (Å²) in [5.74, 6) is 1.18. The maximum Gasteiger partial charge on any atom is 0.316 e. The van der Waals surface area contributed by atoms with Gasteiger partial charge in [-0.05, 0) is 24.9 Å². The first kappa shape index (κ1) is 11.6. The third kappa shape index (κ3) is 6.34. The SMILES string of the molecule is CSCCCCNC(=O)N(C)C. The number of unbranched alkanes of at least 4 members (excludes halogenated alkanes) is 1. The van der Waals surface area contributed by atoms with Crippen LogP contribution in [0.3, 0.4) is 0 Å². The highest BCUT2D eigenvalue weighted by Crippen LogP contribution is 1.97. The number of nitrogens with zero attached hydrogens (tertiary/aromatic N) is 1. The molecule has 0 radical (unpaired) electrons. The normalized spacial score (nSPS) is 9.58. The van der Waals surface area contributed by atoms with Crippen molar-refractivity contribution in [1.82, 2.24) is 10.2 Å². The average Bonchev–Trinajstić information content (AvgIpc) is 2.03. The van der Waals surface area contributed by atoms with Crippen molar-refractivity contribution in [3.05, 3.63) is 0 Å². The fraction of sp³-hybridized carbons (Fsp3) is 0.875. The van der Waals surface area contributed by atoms with Crippen molar-refractivity contribution in [1.29, 1.82) is 0 Å². The largest absolute Gasteiger partial charge is 0.338 e. The summed E-state index contributed by atoms with van der Waals surface area (Å²) in [4.78, 5) is 12.5. The molecule has 0 fully saturated rings. The second-order valence-corrected chi connectivity index (χ2v) is 3.81. The van der Waals surface area contributed by atoms with Crippen LogP contribution >= 0.6 is 11.8 Å². The van der Waals surface area contributed by atoms with Crippen molar-refractivity contribution in [2.45, 2.75) is 12.8 Å². The van der Waals surface area contributed by atoms with E-state index >= 15 is 0 Å². The van der Waals surface area contributed by atoms with Crippen molar-refractivity contribution < 1.29 is 4.79 Å². The van der Waals surface area contributed by atoms with Gasteiger partial charge in [-0.3, -0.25) is 0 Å². The topological polar surface area (TPSA) is 32.3 Å². The van der Waals surface area contributed by atoms with Gasteiger partial charge >= 0.3 is 6.03 Å². The van der Waals surface area contributed by atoms with Crippen LogP contribution in [0, 0.1) is 0 Å². The predicted molar refractivity (Wildman–Crippen MR) is 54.7 cm³/mol. The first-order valence-corrected chi connectivity index (χ1v) is 5.52. The number of hydrogen-bond donors (Lipinski definition) is 1. The van der Waals surface area contributed by atoms with Crippen LogP contribution in [0.2, 0.25) is 0 Å². The van der Waals surface area contributed by atoms with Gasteiger partial charge in [0.1, 0.15) is 0 Å². The molecule has 0 aliphatic carbocycles. The summed E-state index contributed by atoms with van der Waals surface area (Å²) in [7, 11) is 3.49. The summed E-state index contributed by atoms with van der Waals surface area (Å²) in [5, 5.41) is 2.82. The zero-order chi connectivity index (χ0) is 9.40. The van der Waals surface area contributed by atoms with E-state index in [9.17, 15) is 4.79 Å². The van der Waals surface area contributed by atoms with Gasteiger partial charge < -0.3 is 10.2 Å². The molecule has 3 nitrogen and oxygen atoms in total. The molecule has 12 heavy (non-hydrogen) atoms. The Kier molecular flexibility index (Phi) is 7.05. The van der Waals surface area contributed by atoms with E-state index in [1.807, 2.05) is 11.8 Å². The third-order valence-electron chi connectivity index (χ3n) is 1.46. The van der Waals surface area contributed by atoms with E-state index < -0.39 is 0 Å². The molecule has 0 rings (SSSR count). The minimum absolute atomic E-state index is 0.000786. The standard InChI is InChI=1S/C8H18N2OS/c1-10(2)8(11)9-6-4-5-7-12-3/h4-7H2,1-3H3,(H,9,11). The molecule has 2 amide bonds. The van der Waals surface area contributed by atoms with Gasteiger partial charge in [0.2, 0.25) is 0 Å². The van der Waals surface area contributed by atoms with Crippen LogP contribution in [0.1, 0.15) is 12.8 Å². The maximum atomic E-state index is 11.0. The van der Waals surface area contributed by atoms with Gasteiger partial charge in [0.05, 0.1) is 0 Å². The van der Waals surface area contributed by atoms with Gasteiger partial charge in [0, 0.05) is 20.6 Å². The molecule has 0 saturated heterocycles. The Bertz CT molecular complexity index is 128. The molecular formula is C8H18N2OS. The first-order valence-electron chi connectivity index (χ1n) is 4.12. The number of rotatable bonds is 5. The monoisotopic (exact) mass is 190 g/mol. The van der Waals surface area contributed by atoms with Crippen LogP contribution in [0.4, 0.5) is 4.79 Å². The van der Waals surface area contributed by atoms with E-state index in [1.165, 1.54) is 12.2 Å². The van der Waals surface area contributed by atoms with Crippen molar-refractivity contribution in [3.63, 3.8) is 0 Å². The fourth-order valence-corrected chi connectivity index (χ4v) is 1.22. The van der Waals surface area contributed by atoms with Gasteiger partial charge in [0.15, 0.2) is 0 Å². The lowest BCUT2D eigenvalue weighted by molar-refractivity contribution is 0.217. The zero-order valence-electron chi connectivity index (χ0n) is 8.09. The molecular weight excluding hydrogens is 172 g/mol. The summed E-state index contributed by atoms with van der Waals surface area (Å²) in [6, 6.07) is -0.000786. The Labute approximate surface area is 78.9 Å². The highest BCUT2D eigenvalue weighted by atomic mass is 32.2. The quantitative estimate of drug-likeness (QED) is 0.665. The van der Waals surface area contributed by atoms with Crippen LogP contribution in [0.25, 0.3) is 0 Å². The van der Waals surface area contributed by atoms with Gasteiger partial charge in [-0.2, -0.15) is 11.8 Å². The number of urea groups is 1. The second kappa shape index (κ2) is 7.28. The van der Waals surface area contributed by atoms with Gasteiger partial charge in [-0.25, -0.2) is 4.79 Å². The van der Waals surface area contributed by atoms with Crippen LogP contribution in [-0.4, -0.2) is 43.6 Å². The van der Waals surface area contributed by atoms with Crippen LogP contribution in [0.5, 0.6) is 0 Å². The molecule has 0 saturated carbocycles. The van der Waals surface area contributed by atoms with E-state index in [0.717, 1.165) is 13.0 Å². The minimum atomic E-state index is -0.000786. The van der Waals surface area contributed by atoms with Crippen molar-refractivity contribution in [2.75, 3.05) is 32.6 Å². The van der Waals surface area contributed by atoms with E-state index in [1.54, 1.807) is 19.0 Å². The summed E-state index contributed by atoms with van der Waals surface area (Å²) < 4.78 is 0. The lowest BCUT2D eigenvalue weighted by atomic mass is 10.3. The molecule has 0 atom stereocenters.